The number of benzene rings is 2. The summed E-state index contributed by atoms with van der Waals surface area (Å²) in [5.74, 6) is 5.32. The van der Waals surface area contributed by atoms with Crippen molar-refractivity contribution in [3.8, 4) is 17.6 Å². The lowest BCUT2D eigenvalue weighted by Gasteiger charge is -2.26. The zero-order chi connectivity index (χ0) is 21.4. The number of likely N-dealkylation sites (N-methyl/N-ethyl adjacent to an activating group) is 1. The average molecular weight is 490 g/mol. The molecule has 1 amide bonds. The van der Waals surface area contributed by atoms with Gasteiger partial charge in [-0.25, -0.2) is 0 Å². The molecule has 30 heavy (non-hydrogen) atoms. The van der Waals surface area contributed by atoms with Crippen molar-refractivity contribution in [3.63, 3.8) is 0 Å². The summed E-state index contributed by atoms with van der Waals surface area (Å²) in [7, 11) is 0. The largest absolute Gasteiger partial charge is 0.490 e. The van der Waals surface area contributed by atoms with Crippen LogP contribution in [0.5, 0.6) is 5.75 Å². The minimum Gasteiger partial charge on any atom is -0.490 e. The lowest BCUT2D eigenvalue weighted by atomic mass is 10.2. The molecule has 0 bridgehead atoms. The second-order valence-corrected chi connectivity index (χ2v) is 7.61. The molecule has 0 saturated carbocycles. The van der Waals surface area contributed by atoms with Gasteiger partial charge in [-0.15, -0.1) is 12.4 Å². The fourth-order valence-corrected chi connectivity index (χ4v) is 3.43. The first-order valence-electron chi connectivity index (χ1n) is 9.28. The van der Waals surface area contributed by atoms with Crippen LogP contribution < -0.4 is 10.1 Å². The van der Waals surface area contributed by atoms with E-state index in [1.165, 1.54) is 0 Å². The zero-order valence-corrected chi connectivity index (χ0v) is 20.1. The lowest BCUT2D eigenvalue weighted by Crippen LogP contribution is -2.36. The molecule has 0 radical (unpaired) electrons. The summed E-state index contributed by atoms with van der Waals surface area (Å²) in [5, 5.41) is 4.00. The van der Waals surface area contributed by atoms with Crippen LogP contribution in [0.25, 0.3) is 0 Å². The van der Waals surface area contributed by atoms with Crippen LogP contribution in [0.15, 0.2) is 36.4 Å². The topological polar surface area (TPSA) is 41.6 Å². The first-order valence-corrected chi connectivity index (χ1v) is 10.4. The molecule has 0 aliphatic heterocycles. The Morgan fingerprint density at radius 1 is 1.10 bits per heavy atom. The lowest BCUT2D eigenvalue weighted by molar-refractivity contribution is -0.111. The van der Waals surface area contributed by atoms with Gasteiger partial charge in [0.25, 0.3) is 0 Å². The van der Waals surface area contributed by atoms with Crippen LogP contribution in [0.3, 0.4) is 0 Å². The summed E-state index contributed by atoms with van der Waals surface area (Å²) in [6.07, 6.45) is 0. The number of carbonyl (C=O) groups is 1. The van der Waals surface area contributed by atoms with E-state index in [4.69, 9.17) is 39.5 Å². The average Bonchev–Trinajstić information content (AvgIpc) is 2.67. The molecule has 8 heteroatoms. The third kappa shape index (κ3) is 7.91. The number of hydrogen-bond donors (Lipinski definition) is 1. The highest BCUT2D eigenvalue weighted by Gasteiger charge is 2.12. The second-order valence-electron chi connectivity index (χ2n) is 6.35. The Morgan fingerprint density at radius 2 is 1.80 bits per heavy atom. The maximum atomic E-state index is 12.1. The summed E-state index contributed by atoms with van der Waals surface area (Å²) in [6, 6.07) is 10.3. The van der Waals surface area contributed by atoms with E-state index in [0.29, 0.717) is 38.7 Å². The molecule has 0 saturated heterocycles. The van der Waals surface area contributed by atoms with Crippen LogP contribution in [-0.2, 0) is 4.79 Å². The van der Waals surface area contributed by atoms with E-state index in [1.54, 1.807) is 36.4 Å². The predicted molar refractivity (Wildman–Crippen MR) is 129 cm³/mol. The Hall–Kier alpha value is -1.61. The van der Waals surface area contributed by atoms with Crippen molar-refractivity contribution in [2.75, 3.05) is 25.0 Å². The smallest absolute Gasteiger partial charge is 0.300 e. The molecule has 0 aliphatic rings. The van der Waals surface area contributed by atoms with E-state index < -0.39 is 5.91 Å². The van der Waals surface area contributed by atoms with Crippen molar-refractivity contribution in [3.05, 3.63) is 57.0 Å². The van der Waals surface area contributed by atoms with Crippen molar-refractivity contribution in [1.82, 2.24) is 4.90 Å². The number of halogens is 4. The fraction of sp³-hybridized carbons (Fsp3) is 0.318. The molecule has 1 N–H and O–H groups in total. The van der Waals surface area contributed by atoms with E-state index in [2.05, 4.69) is 42.8 Å². The summed E-state index contributed by atoms with van der Waals surface area (Å²) >= 11 is 18.2. The molecule has 4 nitrogen and oxygen atoms in total. The highest BCUT2D eigenvalue weighted by Crippen LogP contribution is 2.28. The molecular weight excluding hydrogens is 466 g/mol. The molecule has 1 atom stereocenters. The van der Waals surface area contributed by atoms with E-state index in [1.807, 2.05) is 0 Å². The van der Waals surface area contributed by atoms with Gasteiger partial charge in [0.15, 0.2) is 0 Å². The molecule has 2 aromatic carbocycles. The number of carbonyl (C=O) groups excluding carboxylic acids is 1. The van der Waals surface area contributed by atoms with E-state index >= 15 is 0 Å². The summed E-state index contributed by atoms with van der Waals surface area (Å²) in [4.78, 5) is 14.4. The third-order valence-electron chi connectivity index (χ3n) is 4.35. The molecule has 1 unspecified atom stereocenters. The van der Waals surface area contributed by atoms with Gasteiger partial charge in [0.1, 0.15) is 12.4 Å². The van der Waals surface area contributed by atoms with Crippen molar-refractivity contribution in [1.29, 1.82) is 0 Å². The molecule has 0 heterocycles. The molecule has 2 aromatic rings. The number of amides is 1. The predicted octanol–water partition coefficient (Wildman–Crippen LogP) is 6.17. The Kier molecular flexibility index (Phi) is 11.4. The number of hydrogen-bond acceptors (Lipinski definition) is 3. The number of anilines is 1. The van der Waals surface area contributed by atoms with Gasteiger partial charge in [-0.3, -0.25) is 9.69 Å². The van der Waals surface area contributed by atoms with Crippen LogP contribution >= 0.6 is 47.2 Å². The van der Waals surface area contributed by atoms with Crippen LogP contribution in [0.1, 0.15) is 26.3 Å². The van der Waals surface area contributed by atoms with Gasteiger partial charge in [0.2, 0.25) is 0 Å². The molecule has 0 aliphatic carbocycles. The van der Waals surface area contributed by atoms with Crippen molar-refractivity contribution >= 4 is 58.8 Å². The van der Waals surface area contributed by atoms with Crippen LogP contribution in [0.2, 0.25) is 15.1 Å². The minimum atomic E-state index is -0.476. The van der Waals surface area contributed by atoms with Crippen LogP contribution in [0, 0.1) is 11.8 Å². The number of rotatable bonds is 7. The SMILES string of the molecule is CCN(CC)C(C)COc1ccc(NC(=O)C#Cc2ccc(Cl)cc2Cl)cc1Cl.Cl. The Balaban J connectivity index is 0.00000450. The number of ether oxygens (including phenoxy) is 1. The summed E-state index contributed by atoms with van der Waals surface area (Å²) in [5.41, 5.74) is 1.05. The molecule has 2 rings (SSSR count). The zero-order valence-electron chi connectivity index (χ0n) is 17.0. The summed E-state index contributed by atoms with van der Waals surface area (Å²) in [6.45, 7) is 8.80. The Bertz CT molecular complexity index is 921. The van der Waals surface area contributed by atoms with Gasteiger partial charge in [-0.2, -0.15) is 0 Å². The summed E-state index contributed by atoms with van der Waals surface area (Å²) < 4.78 is 5.83. The maximum Gasteiger partial charge on any atom is 0.300 e. The van der Waals surface area contributed by atoms with Crippen molar-refractivity contribution in [2.45, 2.75) is 26.8 Å². The minimum absolute atomic E-state index is 0. The number of nitrogens with one attached hydrogen (secondary N) is 1. The van der Waals surface area contributed by atoms with Crippen molar-refractivity contribution < 1.29 is 9.53 Å². The number of nitrogens with zero attached hydrogens (tertiary/aromatic N) is 1. The van der Waals surface area contributed by atoms with Crippen molar-refractivity contribution in [2.24, 2.45) is 0 Å². The van der Waals surface area contributed by atoms with Gasteiger partial charge < -0.3 is 10.1 Å². The van der Waals surface area contributed by atoms with Crippen LogP contribution in [-0.4, -0.2) is 36.5 Å². The highest BCUT2D eigenvalue weighted by atomic mass is 35.5. The molecule has 0 spiro atoms. The van der Waals surface area contributed by atoms with Gasteiger partial charge >= 0.3 is 5.91 Å². The Labute approximate surface area is 199 Å². The van der Waals surface area contributed by atoms with E-state index in [9.17, 15) is 4.79 Å². The third-order valence-corrected chi connectivity index (χ3v) is 5.19. The van der Waals surface area contributed by atoms with Gasteiger partial charge in [0.05, 0.1) is 10.0 Å². The quantitative estimate of drug-likeness (QED) is 0.473. The first-order chi connectivity index (χ1) is 13.8. The second kappa shape index (κ2) is 12.9. The van der Waals surface area contributed by atoms with Gasteiger partial charge in [-0.05, 0) is 56.4 Å². The maximum absolute atomic E-state index is 12.1. The van der Waals surface area contributed by atoms with Gasteiger partial charge in [0, 0.05) is 28.2 Å². The normalized spacial score (nSPS) is 11.2. The van der Waals surface area contributed by atoms with E-state index in [-0.39, 0.29) is 18.4 Å². The van der Waals surface area contributed by atoms with Crippen LogP contribution in [0.4, 0.5) is 5.69 Å². The fourth-order valence-electron chi connectivity index (χ4n) is 2.74. The molecule has 0 aromatic heterocycles. The molecule has 0 fully saturated rings. The first kappa shape index (κ1) is 26.4. The molecular formula is C22H24Cl4N2O2. The Morgan fingerprint density at radius 3 is 2.40 bits per heavy atom. The van der Waals surface area contributed by atoms with Gasteiger partial charge in [-0.1, -0.05) is 54.6 Å². The molecule has 162 valence electrons. The standard InChI is InChI=1S/C22H23Cl3N2O2.ClH/c1-4-27(5-2)15(3)14-29-21-10-9-18(13-20(21)25)26-22(28)11-7-16-6-8-17(23)12-19(16)24;/h6,8-10,12-13,15H,4-5,14H2,1-3H3,(H,26,28);1H. The monoisotopic (exact) mass is 488 g/mol. The highest BCUT2D eigenvalue weighted by molar-refractivity contribution is 6.35. The van der Waals surface area contributed by atoms with E-state index in [0.717, 1.165) is 13.1 Å².